The molecule has 1 atom stereocenters. The van der Waals surface area contributed by atoms with Crippen molar-refractivity contribution in [2.45, 2.75) is 65.6 Å². The highest BCUT2D eigenvalue weighted by Gasteiger charge is 2.18. The van der Waals surface area contributed by atoms with E-state index in [1.165, 1.54) is 23.4 Å². The Labute approximate surface area is 122 Å². The zero-order valence-electron chi connectivity index (χ0n) is 13.3. The van der Waals surface area contributed by atoms with Crippen LogP contribution in [0.2, 0.25) is 0 Å². The third-order valence-electron chi connectivity index (χ3n) is 3.35. The van der Waals surface area contributed by atoms with Gasteiger partial charge in [0.2, 0.25) is 0 Å². The summed E-state index contributed by atoms with van der Waals surface area (Å²) in [4.78, 5) is 8.19. The lowest BCUT2D eigenvalue weighted by atomic mass is 10.1. The minimum Gasteiger partial charge on any atom is -0.311 e. The number of thiazole rings is 1. The van der Waals surface area contributed by atoms with E-state index in [0.717, 1.165) is 13.1 Å². The summed E-state index contributed by atoms with van der Waals surface area (Å²) in [7, 11) is 2.23. The predicted molar refractivity (Wildman–Crippen MR) is 84.8 cm³/mol. The van der Waals surface area contributed by atoms with Crippen molar-refractivity contribution >= 4 is 11.3 Å². The molecule has 0 saturated carbocycles. The number of rotatable bonds is 7. The predicted octanol–water partition coefficient (Wildman–Crippen LogP) is 3.44. The maximum absolute atomic E-state index is 4.34. The quantitative estimate of drug-likeness (QED) is 0.831. The maximum Gasteiger partial charge on any atom is 0.0798 e. The van der Waals surface area contributed by atoms with E-state index in [9.17, 15) is 0 Å². The van der Waals surface area contributed by atoms with Crippen molar-refractivity contribution in [2.24, 2.45) is 0 Å². The number of aromatic nitrogens is 1. The highest BCUT2D eigenvalue weighted by Crippen LogP contribution is 2.17. The van der Waals surface area contributed by atoms with Gasteiger partial charge in [-0.3, -0.25) is 4.90 Å². The van der Waals surface area contributed by atoms with Gasteiger partial charge in [0.1, 0.15) is 0 Å². The van der Waals surface area contributed by atoms with Gasteiger partial charge in [-0.1, -0.05) is 13.3 Å². The van der Waals surface area contributed by atoms with Crippen LogP contribution in [0.25, 0.3) is 0 Å². The van der Waals surface area contributed by atoms with Gasteiger partial charge < -0.3 is 5.32 Å². The van der Waals surface area contributed by atoms with Crippen molar-refractivity contribution in [2.75, 3.05) is 13.6 Å². The van der Waals surface area contributed by atoms with Gasteiger partial charge in [-0.15, -0.1) is 11.3 Å². The van der Waals surface area contributed by atoms with E-state index >= 15 is 0 Å². The van der Waals surface area contributed by atoms with Gasteiger partial charge in [-0.25, -0.2) is 4.98 Å². The molecule has 1 N–H and O–H groups in total. The zero-order valence-corrected chi connectivity index (χ0v) is 14.1. The van der Waals surface area contributed by atoms with Crippen molar-refractivity contribution in [1.29, 1.82) is 0 Å². The molecular weight excluding hydrogens is 254 g/mol. The molecule has 0 radical (unpaired) electrons. The number of nitrogens with one attached hydrogen (secondary N) is 1. The lowest BCUT2D eigenvalue weighted by Crippen LogP contribution is -2.46. The van der Waals surface area contributed by atoms with Crippen LogP contribution in [-0.2, 0) is 6.54 Å². The molecule has 0 bridgehead atoms. The molecule has 1 aromatic rings. The van der Waals surface area contributed by atoms with Crippen LogP contribution in [-0.4, -0.2) is 35.1 Å². The van der Waals surface area contributed by atoms with Crippen LogP contribution in [0.3, 0.4) is 0 Å². The first-order chi connectivity index (χ1) is 8.83. The molecule has 0 spiro atoms. The highest BCUT2D eigenvalue weighted by molar-refractivity contribution is 7.09. The van der Waals surface area contributed by atoms with E-state index in [2.05, 4.69) is 56.9 Å². The third kappa shape index (κ3) is 6.02. The Morgan fingerprint density at radius 1 is 1.42 bits per heavy atom. The lowest BCUT2D eigenvalue weighted by molar-refractivity contribution is 0.203. The number of likely N-dealkylation sites (N-methyl/N-ethyl adjacent to an activating group) is 1. The summed E-state index contributed by atoms with van der Waals surface area (Å²) in [6.45, 7) is 13.1. The summed E-state index contributed by atoms with van der Waals surface area (Å²) in [5.41, 5.74) is 3.31. The second-order valence-corrected chi connectivity index (χ2v) is 7.29. The summed E-state index contributed by atoms with van der Waals surface area (Å²) in [5.74, 6) is 0. The van der Waals surface area contributed by atoms with Gasteiger partial charge in [-0.05, 0) is 41.2 Å². The lowest BCUT2D eigenvalue weighted by Gasteiger charge is -2.31. The Kier molecular flexibility index (Phi) is 6.43. The van der Waals surface area contributed by atoms with E-state index < -0.39 is 0 Å². The fraction of sp³-hybridized carbons (Fsp3) is 0.800. The second-order valence-electron chi connectivity index (χ2n) is 6.35. The van der Waals surface area contributed by atoms with Crippen molar-refractivity contribution < 1.29 is 0 Å². The molecule has 1 heterocycles. The smallest absolute Gasteiger partial charge is 0.0798 e. The minimum atomic E-state index is 0.188. The Morgan fingerprint density at radius 3 is 2.58 bits per heavy atom. The first kappa shape index (κ1) is 16.6. The maximum atomic E-state index is 4.34. The van der Waals surface area contributed by atoms with Crippen LogP contribution in [0, 0.1) is 6.92 Å². The molecule has 4 heteroatoms. The van der Waals surface area contributed by atoms with Gasteiger partial charge >= 0.3 is 0 Å². The Hall–Kier alpha value is -0.450. The highest BCUT2D eigenvalue weighted by atomic mass is 32.1. The van der Waals surface area contributed by atoms with E-state index in [0.29, 0.717) is 6.04 Å². The molecular formula is C15H29N3S. The molecule has 110 valence electrons. The summed E-state index contributed by atoms with van der Waals surface area (Å²) in [6.07, 6.45) is 2.46. The van der Waals surface area contributed by atoms with E-state index in [-0.39, 0.29) is 5.54 Å². The summed E-state index contributed by atoms with van der Waals surface area (Å²) < 4.78 is 0. The van der Waals surface area contributed by atoms with Crippen LogP contribution < -0.4 is 5.32 Å². The SMILES string of the molecule is CCCC(CNC(C)(C)C)N(C)Cc1scnc1C. The van der Waals surface area contributed by atoms with Crippen LogP contribution in [0.4, 0.5) is 0 Å². The largest absolute Gasteiger partial charge is 0.311 e. The standard InChI is InChI=1S/C15H29N3S/c1-7-8-13(9-17-15(3,4)5)18(6)10-14-12(2)16-11-19-14/h11,13,17H,7-10H2,1-6H3. The van der Waals surface area contributed by atoms with Crippen molar-refractivity contribution in [3.05, 3.63) is 16.1 Å². The first-order valence-corrected chi connectivity index (χ1v) is 8.05. The monoisotopic (exact) mass is 283 g/mol. The molecule has 0 aliphatic heterocycles. The van der Waals surface area contributed by atoms with E-state index in [1.807, 2.05) is 5.51 Å². The van der Waals surface area contributed by atoms with Crippen molar-refractivity contribution in [1.82, 2.24) is 15.2 Å². The van der Waals surface area contributed by atoms with Crippen molar-refractivity contribution in [3.63, 3.8) is 0 Å². The molecule has 1 aromatic heterocycles. The molecule has 0 aliphatic carbocycles. The molecule has 0 saturated heterocycles. The Balaban J connectivity index is 2.57. The molecule has 0 aliphatic rings. The van der Waals surface area contributed by atoms with E-state index in [1.54, 1.807) is 11.3 Å². The van der Waals surface area contributed by atoms with Crippen LogP contribution in [0.5, 0.6) is 0 Å². The molecule has 0 aromatic carbocycles. The number of hydrogen-bond acceptors (Lipinski definition) is 4. The molecule has 0 amide bonds. The van der Waals surface area contributed by atoms with Crippen molar-refractivity contribution in [3.8, 4) is 0 Å². The zero-order chi connectivity index (χ0) is 14.5. The molecule has 19 heavy (non-hydrogen) atoms. The average Bonchev–Trinajstić information content (AvgIpc) is 2.69. The topological polar surface area (TPSA) is 28.2 Å². The summed E-state index contributed by atoms with van der Waals surface area (Å²) >= 11 is 1.76. The normalized spacial score (nSPS) is 14.1. The number of nitrogens with zero attached hydrogens (tertiary/aromatic N) is 2. The molecule has 3 nitrogen and oxygen atoms in total. The second kappa shape index (κ2) is 7.36. The van der Waals surface area contributed by atoms with Crippen LogP contribution in [0.15, 0.2) is 5.51 Å². The summed E-state index contributed by atoms with van der Waals surface area (Å²) in [5, 5.41) is 3.63. The average molecular weight is 283 g/mol. The Bertz CT molecular complexity index is 368. The molecule has 0 fully saturated rings. The van der Waals surface area contributed by atoms with E-state index in [4.69, 9.17) is 0 Å². The number of hydrogen-bond donors (Lipinski definition) is 1. The number of aryl methyl sites for hydroxylation is 1. The molecule has 1 rings (SSSR count). The van der Waals surface area contributed by atoms with Gasteiger partial charge in [0.15, 0.2) is 0 Å². The Morgan fingerprint density at radius 2 is 2.11 bits per heavy atom. The van der Waals surface area contributed by atoms with Gasteiger partial charge in [-0.2, -0.15) is 0 Å². The minimum absolute atomic E-state index is 0.188. The van der Waals surface area contributed by atoms with Gasteiger partial charge in [0.05, 0.1) is 11.2 Å². The van der Waals surface area contributed by atoms with Gasteiger partial charge in [0.25, 0.3) is 0 Å². The van der Waals surface area contributed by atoms with Crippen LogP contribution >= 0.6 is 11.3 Å². The first-order valence-electron chi connectivity index (χ1n) is 7.17. The molecule has 1 unspecified atom stereocenters. The van der Waals surface area contributed by atoms with Gasteiger partial charge in [0, 0.05) is 29.5 Å². The fourth-order valence-corrected chi connectivity index (χ4v) is 2.91. The summed E-state index contributed by atoms with van der Waals surface area (Å²) in [6, 6.07) is 0.589. The van der Waals surface area contributed by atoms with Crippen LogP contribution in [0.1, 0.15) is 51.1 Å². The third-order valence-corrected chi connectivity index (χ3v) is 4.27. The fourth-order valence-electron chi connectivity index (χ4n) is 2.07.